The zero-order valence-electron chi connectivity index (χ0n) is 11.6. The molecule has 2 heteroatoms. The average molecular weight is 247 g/mol. The van der Waals surface area contributed by atoms with Crippen molar-refractivity contribution in [1.82, 2.24) is 0 Å². The van der Waals surface area contributed by atoms with Crippen molar-refractivity contribution >= 4 is 5.69 Å². The van der Waals surface area contributed by atoms with Crippen molar-refractivity contribution in [2.75, 3.05) is 19.0 Å². The molecule has 1 saturated carbocycles. The fourth-order valence-corrected chi connectivity index (χ4v) is 2.76. The van der Waals surface area contributed by atoms with Crippen LogP contribution in [0.5, 0.6) is 0 Å². The van der Waals surface area contributed by atoms with Crippen LogP contribution in [0.15, 0.2) is 24.3 Å². The maximum Gasteiger partial charge on any atom is 0.0733 e. The maximum absolute atomic E-state index is 5.23. The molecular formula is C16H25NO. The van der Waals surface area contributed by atoms with E-state index >= 15 is 0 Å². The Hall–Kier alpha value is -1.02. The number of methoxy groups -OCH3 is 1. The average Bonchev–Trinajstić information content (AvgIpc) is 2.40. The molecule has 2 nitrogen and oxygen atoms in total. The second-order valence-electron chi connectivity index (χ2n) is 5.60. The third-order valence-corrected chi connectivity index (χ3v) is 4.03. The van der Waals surface area contributed by atoms with Crippen molar-refractivity contribution in [1.29, 1.82) is 0 Å². The number of hydrogen-bond donors (Lipinski definition) is 1. The fraction of sp³-hybridized carbons (Fsp3) is 0.625. The van der Waals surface area contributed by atoms with Gasteiger partial charge in [-0.2, -0.15) is 0 Å². The van der Waals surface area contributed by atoms with Crippen molar-refractivity contribution in [2.45, 2.75) is 39.2 Å². The zero-order valence-corrected chi connectivity index (χ0v) is 11.6. The number of anilines is 1. The summed E-state index contributed by atoms with van der Waals surface area (Å²) in [4.78, 5) is 0. The Labute approximate surface area is 111 Å². The largest absolute Gasteiger partial charge is 0.384 e. The Balaban J connectivity index is 1.86. The summed E-state index contributed by atoms with van der Waals surface area (Å²) < 4.78 is 5.23. The lowest BCUT2D eigenvalue weighted by Crippen LogP contribution is -2.20. The molecular weight excluding hydrogens is 222 g/mol. The molecule has 1 fully saturated rings. The summed E-state index contributed by atoms with van der Waals surface area (Å²) in [5.41, 5.74) is 2.49. The summed E-state index contributed by atoms with van der Waals surface area (Å²) in [5.74, 6) is 1.78. The molecule has 100 valence electrons. The van der Waals surface area contributed by atoms with Gasteiger partial charge in [-0.1, -0.05) is 38.0 Å². The standard InChI is InChI=1S/C16H25NO/c1-13-7-9-14(10-8-13)11-17-16-6-4-3-5-15(16)12-18-2/h3-6,13-14,17H,7-12H2,1-2H3. The highest BCUT2D eigenvalue weighted by Gasteiger charge is 2.17. The predicted molar refractivity (Wildman–Crippen MR) is 76.8 cm³/mol. The van der Waals surface area contributed by atoms with Crippen LogP contribution in [0.4, 0.5) is 5.69 Å². The zero-order chi connectivity index (χ0) is 12.8. The summed E-state index contributed by atoms with van der Waals surface area (Å²) >= 11 is 0. The van der Waals surface area contributed by atoms with Gasteiger partial charge in [0.05, 0.1) is 6.61 Å². The molecule has 0 radical (unpaired) electrons. The van der Waals surface area contributed by atoms with E-state index in [9.17, 15) is 0 Å². The third kappa shape index (κ3) is 3.74. The van der Waals surface area contributed by atoms with Crippen molar-refractivity contribution in [3.05, 3.63) is 29.8 Å². The number of hydrogen-bond acceptors (Lipinski definition) is 2. The monoisotopic (exact) mass is 247 g/mol. The topological polar surface area (TPSA) is 21.3 Å². The highest BCUT2D eigenvalue weighted by molar-refractivity contribution is 5.50. The number of para-hydroxylation sites is 1. The lowest BCUT2D eigenvalue weighted by molar-refractivity contribution is 0.185. The first-order chi connectivity index (χ1) is 8.79. The molecule has 0 bridgehead atoms. The van der Waals surface area contributed by atoms with E-state index in [0.717, 1.165) is 18.4 Å². The van der Waals surface area contributed by atoms with Gasteiger partial charge < -0.3 is 10.1 Å². The first kappa shape index (κ1) is 13.4. The van der Waals surface area contributed by atoms with E-state index in [1.165, 1.54) is 36.9 Å². The molecule has 0 amide bonds. The molecule has 0 unspecified atom stereocenters. The Morgan fingerprint density at radius 3 is 2.61 bits per heavy atom. The van der Waals surface area contributed by atoms with Gasteiger partial charge in [-0.05, 0) is 30.7 Å². The van der Waals surface area contributed by atoms with Crippen molar-refractivity contribution in [2.24, 2.45) is 11.8 Å². The van der Waals surface area contributed by atoms with Crippen LogP contribution in [0.1, 0.15) is 38.2 Å². The summed E-state index contributed by atoms with van der Waals surface area (Å²) in [6.45, 7) is 4.16. The highest BCUT2D eigenvalue weighted by Crippen LogP contribution is 2.28. The molecule has 1 aliphatic carbocycles. The van der Waals surface area contributed by atoms with Gasteiger partial charge in [-0.3, -0.25) is 0 Å². The van der Waals surface area contributed by atoms with Crippen LogP contribution in [0.2, 0.25) is 0 Å². The summed E-state index contributed by atoms with van der Waals surface area (Å²) in [6, 6.07) is 8.45. The van der Waals surface area contributed by atoms with E-state index < -0.39 is 0 Å². The smallest absolute Gasteiger partial charge is 0.0733 e. The van der Waals surface area contributed by atoms with Crippen LogP contribution in [0.25, 0.3) is 0 Å². The Kier molecular flexibility index (Phi) is 5.06. The van der Waals surface area contributed by atoms with E-state index in [0.29, 0.717) is 6.61 Å². The normalized spacial score (nSPS) is 23.9. The lowest BCUT2D eigenvalue weighted by Gasteiger charge is -2.27. The lowest BCUT2D eigenvalue weighted by atomic mass is 9.83. The fourth-order valence-electron chi connectivity index (χ4n) is 2.76. The minimum absolute atomic E-state index is 0.685. The molecule has 0 atom stereocenters. The molecule has 0 aliphatic heterocycles. The van der Waals surface area contributed by atoms with Gasteiger partial charge in [-0.25, -0.2) is 0 Å². The van der Waals surface area contributed by atoms with Crippen LogP contribution in [-0.2, 0) is 11.3 Å². The SMILES string of the molecule is COCc1ccccc1NCC1CCC(C)CC1. The quantitative estimate of drug-likeness (QED) is 0.846. The van der Waals surface area contributed by atoms with E-state index in [-0.39, 0.29) is 0 Å². The van der Waals surface area contributed by atoms with Crippen LogP contribution < -0.4 is 5.32 Å². The molecule has 0 spiro atoms. The molecule has 1 aromatic carbocycles. The van der Waals surface area contributed by atoms with Crippen molar-refractivity contribution in [3.8, 4) is 0 Å². The van der Waals surface area contributed by atoms with Crippen molar-refractivity contribution in [3.63, 3.8) is 0 Å². The second kappa shape index (κ2) is 6.79. The van der Waals surface area contributed by atoms with Crippen molar-refractivity contribution < 1.29 is 4.74 Å². The van der Waals surface area contributed by atoms with E-state index in [2.05, 4.69) is 36.5 Å². The van der Waals surface area contributed by atoms with Gasteiger partial charge in [0.15, 0.2) is 0 Å². The minimum Gasteiger partial charge on any atom is -0.384 e. The van der Waals surface area contributed by atoms with E-state index in [4.69, 9.17) is 4.74 Å². The second-order valence-corrected chi connectivity index (χ2v) is 5.60. The summed E-state index contributed by atoms with van der Waals surface area (Å²) in [5, 5.41) is 3.60. The molecule has 1 N–H and O–H groups in total. The minimum atomic E-state index is 0.685. The third-order valence-electron chi connectivity index (χ3n) is 4.03. The molecule has 0 aromatic heterocycles. The van der Waals surface area contributed by atoms with Gasteiger partial charge in [0, 0.05) is 24.9 Å². The summed E-state index contributed by atoms with van der Waals surface area (Å²) in [7, 11) is 1.75. The molecule has 0 heterocycles. The van der Waals surface area contributed by atoms with Gasteiger partial charge >= 0.3 is 0 Å². The number of ether oxygens (including phenoxy) is 1. The Bertz CT molecular complexity index is 356. The molecule has 18 heavy (non-hydrogen) atoms. The molecule has 2 rings (SSSR count). The Morgan fingerprint density at radius 1 is 1.17 bits per heavy atom. The van der Waals surface area contributed by atoms with Gasteiger partial charge in [0.2, 0.25) is 0 Å². The highest BCUT2D eigenvalue weighted by atomic mass is 16.5. The van der Waals surface area contributed by atoms with E-state index in [1.807, 2.05) is 0 Å². The van der Waals surface area contributed by atoms with Crippen LogP contribution in [-0.4, -0.2) is 13.7 Å². The first-order valence-corrected chi connectivity index (χ1v) is 7.10. The molecule has 1 aromatic rings. The van der Waals surface area contributed by atoms with Gasteiger partial charge in [0.25, 0.3) is 0 Å². The van der Waals surface area contributed by atoms with Gasteiger partial charge in [-0.15, -0.1) is 0 Å². The van der Waals surface area contributed by atoms with Crippen LogP contribution in [0.3, 0.4) is 0 Å². The number of benzene rings is 1. The predicted octanol–water partition coefficient (Wildman–Crippen LogP) is 4.07. The van der Waals surface area contributed by atoms with Crippen LogP contribution >= 0.6 is 0 Å². The number of nitrogens with one attached hydrogen (secondary N) is 1. The first-order valence-electron chi connectivity index (χ1n) is 7.10. The molecule has 1 aliphatic rings. The van der Waals surface area contributed by atoms with Crippen LogP contribution in [0, 0.1) is 11.8 Å². The van der Waals surface area contributed by atoms with E-state index in [1.54, 1.807) is 7.11 Å². The number of rotatable bonds is 5. The Morgan fingerprint density at radius 2 is 1.89 bits per heavy atom. The molecule has 0 saturated heterocycles. The maximum atomic E-state index is 5.23. The summed E-state index contributed by atoms with van der Waals surface area (Å²) in [6.07, 6.45) is 5.54. The van der Waals surface area contributed by atoms with Gasteiger partial charge in [0.1, 0.15) is 0 Å².